The van der Waals surface area contributed by atoms with Gasteiger partial charge in [-0.3, -0.25) is 0 Å². The van der Waals surface area contributed by atoms with E-state index in [4.69, 9.17) is 0 Å². The second-order valence-electron chi connectivity index (χ2n) is 2.70. The van der Waals surface area contributed by atoms with Crippen LogP contribution in [0.4, 0.5) is 17.6 Å². The van der Waals surface area contributed by atoms with E-state index >= 15 is 0 Å². The molecule has 0 saturated heterocycles. The minimum Gasteiger partial charge on any atom is -0.207 e. The van der Waals surface area contributed by atoms with E-state index < -0.39 is 17.6 Å². The van der Waals surface area contributed by atoms with Crippen LogP contribution in [0.1, 0.15) is 5.56 Å². The lowest BCUT2D eigenvalue weighted by atomic mass is 9.73. The van der Waals surface area contributed by atoms with Crippen molar-refractivity contribution >= 4 is 12.7 Å². The predicted octanol–water partition coefficient (Wildman–Crippen LogP) is 1.95. The number of hydrogen-bond donors (Lipinski definition) is 0. The van der Waals surface area contributed by atoms with E-state index in [2.05, 4.69) is 0 Å². The zero-order chi connectivity index (χ0) is 10.1. The molecule has 0 nitrogen and oxygen atoms in total. The van der Waals surface area contributed by atoms with Gasteiger partial charge in [0, 0.05) is 0 Å². The van der Waals surface area contributed by atoms with E-state index in [1.165, 1.54) is 0 Å². The highest BCUT2D eigenvalue weighted by Gasteiger charge is 2.31. The first-order chi connectivity index (χ1) is 5.93. The summed E-state index contributed by atoms with van der Waals surface area (Å²) < 4.78 is 49.0. The fourth-order valence-corrected chi connectivity index (χ4v) is 1.02. The van der Waals surface area contributed by atoms with Crippen molar-refractivity contribution in [2.75, 3.05) is 0 Å². The summed E-state index contributed by atoms with van der Waals surface area (Å²) in [6, 6.07) is 2.57. The van der Waals surface area contributed by atoms with Crippen molar-refractivity contribution in [3.8, 4) is 0 Å². The van der Waals surface area contributed by atoms with Gasteiger partial charge in [0.15, 0.2) is 7.28 Å². The Kier molecular flexibility index (Phi) is 2.64. The third-order valence-electron chi connectivity index (χ3n) is 1.69. The van der Waals surface area contributed by atoms with E-state index in [1.807, 2.05) is 0 Å². The lowest BCUT2D eigenvalue weighted by Gasteiger charge is -2.07. The largest absolute Gasteiger partial charge is 0.416 e. The Morgan fingerprint density at radius 2 is 1.77 bits per heavy atom. The molecule has 70 valence electrons. The summed E-state index contributed by atoms with van der Waals surface area (Å²) in [6.45, 7) is 1.68. The molecule has 0 unspecified atom stereocenters. The molecule has 0 aromatic heterocycles. The van der Waals surface area contributed by atoms with Crippen LogP contribution in [0, 0.1) is 5.82 Å². The molecule has 1 aromatic rings. The second-order valence-corrected chi connectivity index (χ2v) is 2.70. The predicted molar refractivity (Wildman–Crippen MR) is 44.0 cm³/mol. The maximum absolute atomic E-state index is 12.6. The van der Waals surface area contributed by atoms with Gasteiger partial charge >= 0.3 is 6.18 Å². The number of halogens is 4. The van der Waals surface area contributed by atoms with Gasteiger partial charge in [-0.15, -0.1) is 0 Å². The monoisotopic (exact) mass is 190 g/mol. The summed E-state index contributed by atoms with van der Waals surface area (Å²) in [7, 11) is 0.390. The first-order valence-electron chi connectivity index (χ1n) is 3.80. The van der Waals surface area contributed by atoms with Gasteiger partial charge in [-0.05, 0) is 12.1 Å². The zero-order valence-electron chi connectivity index (χ0n) is 6.95. The highest BCUT2D eigenvalue weighted by Crippen LogP contribution is 2.28. The molecule has 13 heavy (non-hydrogen) atoms. The summed E-state index contributed by atoms with van der Waals surface area (Å²) in [5.74, 6) is -0.841. The number of benzene rings is 1. The van der Waals surface area contributed by atoms with Crippen LogP contribution >= 0.6 is 0 Å². The standard InChI is InChI=1S/C8H7BF4/c1-9-6-2-5(8(11,12)13)3-7(10)4-6/h2-4,9H,1H3. The van der Waals surface area contributed by atoms with Gasteiger partial charge in [0.2, 0.25) is 0 Å². The first kappa shape index (κ1) is 10.1. The molecule has 0 amide bonds. The molecule has 0 bridgehead atoms. The topological polar surface area (TPSA) is 0 Å². The van der Waals surface area contributed by atoms with Crippen molar-refractivity contribution in [3.05, 3.63) is 29.6 Å². The number of rotatable bonds is 1. The SMILES string of the molecule is CBc1cc(F)cc(C(F)(F)F)c1. The maximum atomic E-state index is 12.6. The number of hydrogen-bond acceptors (Lipinski definition) is 0. The molecule has 0 saturated carbocycles. The lowest BCUT2D eigenvalue weighted by molar-refractivity contribution is -0.137. The molecule has 0 radical (unpaired) electrons. The van der Waals surface area contributed by atoms with E-state index in [0.717, 1.165) is 12.1 Å². The van der Waals surface area contributed by atoms with Crippen molar-refractivity contribution in [3.63, 3.8) is 0 Å². The summed E-state index contributed by atoms with van der Waals surface area (Å²) in [4.78, 5) is 0. The Labute approximate surface area is 73.8 Å². The van der Waals surface area contributed by atoms with Crippen molar-refractivity contribution in [1.82, 2.24) is 0 Å². The molecule has 0 spiro atoms. The van der Waals surface area contributed by atoms with Crippen molar-refractivity contribution < 1.29 is 17.6 Å². The van der Waals surface area contributed by atoms with Crippen LogP contribution in [0.2, 0.25) is 6.82 Å². The van der Waals surface area contributed by atoms with Crippen LogP contribution in [0.3, 0.4) is 0 Å². The molecule has 5 heteroatoms. The van der Waals surface area contributed by atoms with Gasteiger partial charge in [-0.25, -0.2) is 4.39 Å². The van der Waals surface area contributed by atoms with Gasteiger partial charge in [0.1, 0.15) is 5.82 Å². The third-order valence-corrected chi connectivity index (χ3v) is 1.69. The maximum Gasteiger partial charge on any atom is 0.416 e. The molecule has 0 aliphatic heterocycles. The summed E-state index contributed by atoms with van der Waals surface area (Å²) in [6.07, 6.45) is -4.47. The fraction of sp³-hybridized carbons (Fsp3) is 0.250. The minimum absolute atomic E-state index is 0.354. The second kappa shape index (κ2) is 3.40. The van der Waals surface area contributed by atoms with E-state index in [1.54, 1.807) is 6.82 Å². The van der Waals surface area contributed by atoms with Gasteiger partial charge < -0.3 is 0 Å². The van der Waals surface area contributed by atoms with Crippen LogP contribution in [-0.2, 0) is 6.18 Å². The summed E-state index contributed by atoms with van der Waals surface area (Å²) in [5, 5.41) is 0. The zero-order valence-corrected chi connectivity index (χ0v) is 6.95. The molecular weight excluding hydrogens is 183 g/mol. The molecule has 1 rings (SSSR count). The van der Waals surface area contributed by atoms with Crippen LogP contribution in [-0.4, -0.2) is 7.28 Å². The van der Waals surface area contributed by atoms with Gasteiger partial charge in [0.05, 0.1) is 5.56 Å². The fourth-order valence-electron chi connectivity index (χ4n) is 1.02. The Morgan fingerprint density at radius 3 is 2.23 bits per heavy atom. The molecule has 1 aromatic carbocycles. The van der Waals surface area contributed by atoms with Gasteiger partial charge in [0.25, 0.3) is 0 Å². The Morgan fingerprint density at radius 1 is 1.15 bits per heavy atom. The lowest BCUT2D eigenvalue weighted by Crippen LogP contribution is -2.16. The molecule has 0 N–H and O–H groups in total. The van der Waals surface area contributed by atoms with Gasteiger partial charge in [-0.2, -0.15) is 13.2 Å². The smallest absolute Gasteiger partial charge is 0.207 e. The van der Waals surface area contributed by atoms with Crippen molar-refractivity contribution in [2.24, 2.45) is 0 Å². The molecule has 0 heterocycles. The first-order valence-corrected chi connectivity index (χ1v) is 3.80. The van der Waals surface area contributed by atoms with Crippen molar-refractivity contribution in [1.29, 1.82) is 0 Å². The van der Waals surface area contributed by atoms with Crippen LogP contribution in [0.5, 0.6) is 0 Å². The van der Waals surface area contributed by atoms with E-state index in [0.29, 0.717) is 18.8 Å². The average Bonchev–Trinajstić information content (AvgIpc) is 2.01. The van der Waals surface area contributed by atoms with E-state index in [-0.39, 0.29) is 0 Å². The van der Waals surface area contributed by atoms with Crippen LogP contribution in [0.25, 0.3) is 0 Å². The molecule has 0 fully saturated rings. The molecule has 0 aliphatic rings. The number of alkyl halides is 3. The highest BCUT2D eigenvalue weighted by atomic mass is 19.4. The molecule has 0 aliphatic carbocycles. The Bertz CT molecular complexity index is 306. The van der Waals surface area contributed by atoms with E-state index in [9.17, 15) is 17.6 Å². The average molecular weight is 190 g/mol. The minimum atomic E-state index is -4.47. The van der Waals surface area contributed by atoms with Gasteiger partial charge in [-0.1, -0.05) is 18.4 Å². The quantitative estimate of drug-likeness (QED) is 0.468. The summed E-state index contributed by atoms with van der Waals surface area (Å²) in [5.41, 5.74) is -0.573. The highest BCUT2D eigenvalue weighted by molar-refractivity contribution is 6.51. The molecular formula is C8H7BF4. The third kappa shape index (κ3) is 2.47. The van der Waals surface area contributed by atoms with Crippen LogP contribution in [0.15, 0.2) is 18.2 Å². The molecule has 0 atom stereocenters. The Balaban J connectivity index is 3.16. The Hall–Kier alpha value is -0.995. The van der Waals surface area contributed by atoms with Crippen LogP contribution < -0.4 is 5.46 Å². The normalized spacial score (nSPS) is 11.5. The van der Waals surface area contributed by atoms with Crippen molar-refractivity contribution in [2.45, 2.75) is 13.0 Å². The summed E-state index contributed by atoms with van der Waals surface area (Å²) >= 11 is 0.